The molecular formula is C21H23FN2O2S2. The van der Waals surface area contributed by atoms with Crippen molar-refractivity contribution in [3.05, 3.63) is 58.4 Å². The zero-order valence-corrected chi connectivity index (χ0v) is 17.2. The maximum atomic E-state index is 12.9. The highest BCUT2D eigenvalue weighted by Gasteiger charge is 2.11. The third-order valence-corrected chi connectivity index (χ3v) is 6.59. The van der Waals surface area contributed by atoms with Crippen LogP contribution in [0.2, 0.25) is 0 Å². The molecular weight excluding hydrogens is 395 g/mol. The Morgan fingerprint density at radius 3 is 2.79 bits per heavy atom. The summed E-state index contributed by atoms with van der Waals surface area (Å²) in [5, 5.41) is 4.81. The molecule has 0 aliphatic heterocycles. The maximum Gasteiger partial charge on any atom is 0.226 e. The van der Waals surface area contributed by atoms with Gasteiger partial charge in [0.25, 0.3) is 0 Å². The summed E-state index contributed by atoms with van der Waals surface area (Å²) in [6, 6.07) is 5.53. The summed E-state index contributed by atoms with van der Waals surface area (Å²) in [5.41, 5.74) is 2.65. The Bertz CT molecular complexity index is 846. The number of hydrogen-bond acceptors (Lipinski definition) is 5. The molecule has 0 saturated heterocycles. The van der Waals surface area contributed by atoms with E-state index in [-0.39, 0.29) is 29.7 Å². The lowest BCUT2D eigenvalue weighted by atomic mass is 9.97. The summed E-state index contributed by atoms with van der Waals surface area (Å²) in [4.78, 5) is 28.6. The monoisotopic (exact) mass is 418 g/mol. The smallest absolute Gasteiger partial charge is 0.226 e. The standard InChI is InChI=1S/C21H23FN2O2S2/c22-17-8-6-16(7-9-17)19(25)14-28-21-24-18(13-27-21)12-20(26)23-11-10-15-4-2-1-3-5-15/h4,6-9,13H,1-3,5,10-12,14H2,(H,23,26). The fraction of sp³-hybridized carbons (Fsp3) is 0.381. The predicted octanol–water partition coefficient (Wildman–Crippen LogP) is 4.81. The van der Waals surface area contributed by atoms with Gasteiger partial charge >= 0.3 is 0 Å². The summed E-state index contributed by atoms with van der Waals surface area (Å²) in [6.45, 7) is 0.669. The summed E-state index contributed by atoms with van der Waals surface area (Å²) in [6.07, 6.45) is 8.31. The first-order valence-electron chi connectivity index (χ1n) is 9.41. The van der Waals surface area contributed by atoms with Crippen LogP contribution < -0.4 is 5.32 Å². The van der Waals surface area contributed by atoms with Crippen molar-refractivity contribution in [3.63, 3.8) is 0 Å². The number of carbonyl (C=O) groups is 2. The number of allylic oxidation sites excluding steroid dienone is 1. The van der Waals surface area contributed by atoms with Gasteiger partial charge in [0.1, 0.15) is 5.82 Å². The molecule has 4 nitrogen and oxygen atoms in total. The molecule has 0 unspecified atom stereocenters. The Balaban J connectivity index is 1.39. The van der Waals surface area contributed by atoms with Gasteiger partial charge in [-0.05, 0) is 56.4 Å². The van der Waals surface area contributed by atoms with E-state index in [9.17, 15) is 14.0 Å². The van der Waals surface area contributed by atoms with E-state index in [1.807, 2.05) is 5.38 Å². The summed E-state index contributed by atoms with van der Waals surface area (Å²) >= 11 is 2.77. The van der Waals surface area contributed by atoms with Crippen LogP contribution in [0.4, 0.5) is 4.39 Å². The molecule has 2 aromatic rings. The predicted molar refractivity (Wildman–Crippen MR) is 111 cm³/mol. The minimum atomic E-state index is -0.359. The molecule has 1 heterocycles. The zero-order chi connectivity index (χ0) is 19.8. The number of amides is 1. The van der Waals surface area contributed by atoms with Crippen LogP contribution in [0.5, 0.6) is 0 Å². The first kappa shape index (κ1) is 20.7. The molecule has 1 aromatic heterocycles. The highest BCUT2D eigenvalue weighted by atomic mass is 32.2. The Kier molecular flexibility index (Phi) is 7.80. The molecule has 1 N–H and O–H groups in total. The SMILES string of the molecule is O=C(Cc1csc(SCC(=O)c2ccc(F)cc2)n1)NCCC1=CCCCC1. The lowest BCUT2D eigenvalue weighted by Gasteiger charge is -2.12. The van der Waals surface area contributed by atoms with Crippen molar-refractivity contribution in [2.24, 2.45) is 0 Å². The van der Waals surface area contributed by atoms with Gasteiger partial charge < -0.3 is 5.32 Å². The molecule has 7 heteroatoms. The fourth-order valence-corrected chi connectivity index (χ4v) is 4.74. The number of thiazole rings is 1. The van der Waals surface area contributed by atoms with Crippen LogP contribution in [0.15, 0.2) is 45.6 Å². The van der Waals surface area contributed by atoms with Gasteiger partial charge in [0.15, 0.2) is 10.1 Å². The number of rotatable bonds is 9. The lowest BCUT2D eigenvalue weighted by Crippen LogP contribution is -2.26. The largest absolute Gasteiger partial charge is 0.355 e. The molecule has 1 amide bonds. The van der Waals surface area contributed by atoms with E-state index in [1.165, 1.54) is 65.8 Å². The average molecular weight is 419 g/mol. The van der Waals surface area contributed by atoms with Crippen LogP contribution in [-0.4, -0.2) is 29.0 Å². The van der Waals surface area contributed by atoms with Crippen LogP contribution >= 0.6 is 23.1 Å². The van der Waals surface area contributed by atoms with E-state index >= 15 is 0 Å². The van der Waals surface area contributed by atoms with E-state index in [1.54, 1.807) is 0 Å². The third-order valence-electron chi connectivity index (χ3n) is 4.52. The zero-order valence-electron chi connectivity index (χ0n) is 15.6. The van der Waals surface area contributed by atoms with Crippen molar-refractivity contribution >= 4 is 34.8 Å². The molecule has 0 bridgehead atoms. The number of carbonyl (C=O) groups excluding carboxylic acids is 2. The molecule has 0 radical (unpaired) electrons. The normalized spacial score (nSPS) is 13.8. The van der Waals surface area contributed by atoms with E-state index in [0.717, 1.165) is 29.3 Å². The highest BCUT2D eigenvalue weighted by Crippen LogP contribution is 2.24. The first-order chi connectivity index (χ1) is 13.6. The molecule has 0 fully saturated rings. The molecule has 28 heavy (non-hydrogen) atoms. The van der Waals surface area contributed by atoms with Crippen molar-refractivity contribution in [2.75, 3.05) is 12.3 Å². The van der Waals surface area contributed by atoms with Gasteiger partial charge in [0.2, 0.25) is 5.91 Å². The van der Waals surface area contributed by atoms with Gasteiger partial charge in [-0.15, -0.1) is 11.3 Å². The molecule has 3 rings (SSSR count). The number of halogens is 1. The van der Waals surface area contributed by atoms with Gasteiger partial charge in [-0.3, -0.25) is 9.59 Å². The van der Waals surface area contributed by atoms with Gasteiger partial charge in [0.05, 0.1) is 17.9 Å². The number of Topliss-reactive ketones (excluding diaryl/α,β-unsaturated/α-hetero) is 1. The Labute approximate surface area is 172 Å². The fourth-order valence-electron chi connectivity index (χ4n) is 3.00. The van der Waals surface area contributed by atoms with E-state index in [0.29, 0.717) is 12.1 Å². The van der Waals surface area contributed by atoms with E-state index in [2.05, 4.69) is 16.4 Å². The van der Waals surface area contributed by atoms with Crippen LogP contribution in [0, 0.1) is 5.82 Å². The quantitative estimate of drug-likeness (QED) is 0.361. The summed E-state index contributed by atoms with van der Waals surface area (Å²) < 4.78 is 13.7. The minimum absolute atomic E-state index is 0.0272. The van der Waals surface area contributed by atoms with Gasteiger partial charge in [-0.25, -0.2) is 9.37 Å². The summed E-state index contributed by atoms with van der Waals surface area (Å²) in [7, 11) is 0. The second kappa shape index (κ2) is 10.5. The number of ketones is 1. The van der Waals surface area contributed by atoms with Gasteiger partial charge in [-0.1, -0.05) is 23.4 Å². The Morgan fingerprint density at radius 1 is 1.21 bits per heavy atom. The number of benzene rings is 1. The van der Waals surface area contributed by atoms with Crippen molar-refractivity contribution in [1.29, 1.82) is 0 Å². The molecule has 1 aliphatic carbocycles. The number of nitrogens with zero attached hydrogens (tertiary/aromatic N) is 1. The topological polar surface area (TPSA) is 59.1 Å². The molecule has 148 valence electrons. The lowest BCUT2D eigenvalue weighted by molar-refractivity contribution is -0.120. The molecule has 0 saturated carbocycles. The van der Waals surface area contributed by atoms with Crippen molar-refractivity contribution in [2.45, 2.75) is 42.9 Å². The minimum Gasteiger partial charge on any atom is -0.355 e. The second-order valence-electron chi connectivity index (χ2n) is 6.71. The summed E-state index contributed by atoms with van der Waals surface area (Å²) in [5.74, 6) is -0.223. The number of nitrogens with one attached hydrogen (secondary N) is 1. The highest BCUT2D eigenvalue weighted by molar-refractivity contribution is 8.01. The van der Waals surface area contributed by atoms with Crippen LogP contribution in [0.3, 0.4) is 0 Å². The molecule has 0 spiro atoms. The van der Waals surface area contributed by atoms with Crippen molar-refractivity contribution in [1.82, 2.24) is 10.3 Å². The van der Waals surface area contributed by atoms with E-state index in [4.69, 9.17) is 0 Å². The third kappa shape index (κ3) is 6.56. The van der Waals surface area contributed by atoms with Crippen LogP contribution in [0.1, 0.15) is 48.2 Å². The van der Waals surface area contributed by atoms with Gasteiger partial charge in [-0.2, -0.15) is 0 Å². The average Bonchev–Trinajstić information content (AvgIpc) is 3.14. The first-order valence-corrected chi connectivity index (χ1v) is 11.3. The number of thioether (sulfide) groups is 1. The Hall–Kier alpha value is -1.99. The molecule has 0 atom stereocenters. The van der Waals surface area contributed by atoms with Crippen molar-refractivity contribution < 1.29 is 14.0 Å². The van der Waals surface area contributed by atoms with Crippen molar-refractivity contribution in [3.8, 4) is 0 Å². The molecule has 1 aromatic carbocycles. The second-order valence-corrected chi connectivity index (χ2v) is 8.79. The van der Waals surface area contributed by atoms with Crippen LogP contribution in [0.25, 0.3) is 0 Å². The number of aromatic nitrogens is 1. The molecule has 1 aliphatic rings. The van der Waals surface area contributed by atoms with E-state index < -0.39 is 0 Å². The van der Waals surface area contributed by atoms with Crippen LogP contribution in [-0.2, 0) is 11.2 Å². The maximum absolute atomic E-state index is 12.9. The van der Waals surface area contributed by atoms with Gasteiger partial charge in [0, 0.05) is 17.5 Å². The number of hydrogen-bond donors (Lipinski definition) is 1. The Morgan fingerprint density at radius 2 is 2.04 bits per heavy atom.